The third-order valence-electron chi connectivity index (χ3n) is 5.30. The van der Waals surface area contributed by atoms with Crippen molar-refractivity contribution in [1.82, 2.24) is 15.5 Å². The Morgan fingerprint density at radius 1 is 1.09 bits per heavy atom. The number of carbonyl (C=O) groups is 3. The van der Waals surface area contributed by atoms with Crippen LogP contribution >= 0.6 is 11.6 Å². The van der Waals surface area contributed by atoms with E-state index in [1.807, 2.05) is 24.3 Å². The number of hydrogen-bond acceptors (Lipinski definition) is 5. The fraction of sp³-hybridized carbons (Fsp3) is 0.375. The summed E-state index contributed by atoms with van der Waals surface area (Å²) in [6.45, 7) is 5.68. The molecule has 8 nitrogen and oxygen atoms in total. The lowest BCUT2D eigenvalue weighted by Crippen LogP contribution is -2.44. The zero-order valence-electron chi connectivity index (χ0n) is 18.6. The summed E-state index contributed by atoms with van der Waals surface area (Å²) < 4.78 is 5.32. The Morgan fingerprint density at radius 2 is 1.85 bits per heavy atom. The summed E-state index contributed by atoms with van der Waals surface area (Å²) in [5.74, 6) is -0.793. The lowest BCUT2D eigenvalue weighted by Gasteiger charge is -2.26. The van der Waals surface area contributed by atoms with Crippen LogP contribution in [0.15, 0.2) is 48.5 Å². The summed E-state index contributed by atoms with van der Waals surface area (Å²) in [7, 11) is 0. The number of halogens is 1. The van der Waals surface area contributed by atoms with Crippen molar-refractivity contribution in [3.63, 3.8) is 0 Å². The van der Waals surface area contributed by atoms with Crippen molar-refractivity contribution in [1.29, 1.82) is 0 Å². The summed E-state index contributed by atoms with van der Waals surface area (Å²) in [6.07, 6.45) is 0.406. The molecule has 1 fully saturated rings. The molecule has 1 heterocycles. The maximum atomic E-state index is 12.4. The molecule has 3 N–H and O–H groups in total. The van der Waals surface area contributed by atoms with E-state index in [9.17, 15) is 14.4 Å². The van der Waals surface area contributed by atoms with Crippen molar-refractivity contribution in [3.8, 4) is 0 Å². The van der Waals surface area contributed by atoms with Crippen LogP contribution in [-0.2, 0) is 20.9 Å². The van der Waals surface area contributed by atoms with Gasteiger partial charge in [0.25, 0.3) is 5.91 Å². The molecule has 0 saturated carbocycles. The van der Waals surface area contributed by atoms with E-state index in [0.717, 1.165) is 18.7 Å². The van der Waals surface area contributed by atoms with Crippen LogP contribution in [0, 0.1) is 0 Å². The van der Waals surface area contributed by atoms with Gasteiger partial charge in [-0.15, -0.1) is 0 Å². The first-order valence-electron chi connectivity index (χ1n) is 10.9. The monoisotopic (exact) mass is 472 g/mol. The van der Waals surface area contributed by atoms with Gasteiger partial charge in [0, 0.05) is 38.3 Å². The van der Waals surface area contributed by atoms with Crippen LogP contribution in [0.4, 0.5) is 5.69 Å². The standard InChI is InChI=1S/C24H29ClN4O4/c1-17(27-24(32)20-7-2-3-8-21(20)25)23(31)26-16-18-5-4-6-19(15-18)28-22(30)9-10-29-11-13-33-14-12-29/h2-8,15,17H,9-14,16H2,1H3,(H,26,31)(H,27,32)(H,28,30). The number of nitrogens with zero attached hydrogens (tertiary/aromatic N) is 1. The summed E-state index contributed by atoms with van der Waals surface area (Å²) in [5.41, 5.74) is 1.82. The van der Waals surface area contributed by atoms with Crippen molar-refractivity contribution < 1.29 is 19.1 Å². The number of rotatable bonds is 9. The van der Waals surface area contributed by atoms with Gasteiger partial charge in [0.15, 0.2) is 0 Å². The topological polar surface area (TPSA) is 99.8 Å². The Morgan fingerprint density at radius 3 is 2.61 bits per heavy atom. The van der Waals surface area contributed by atoms with Crippen LogP contribution in [-0.4, -0.2) is 61.5 Å². The average Bonchev–Trinajstić information content (AvgIpc) is 2.82. The molecular weight excluding hydrogens is 444 g/mol. The van der Waals surface area contributed by atoms with E-state index in [0.29, 0.717) is 42.5 Å². The Labute approximate surface area is 198 Å². The van der Waals surface area contributed by atoms with E-state index in [-0.39, 0.29) is 18.4 Å². The fourth-order valence-corrected chi connectivity index (χ4v) is 3.62. The van der Waals surface area contributed by atoms with E-state index in [1.54, 1.807) is 31.2 Å². The Hall–Kier alpha value is -2.94. The van der Waals surface area contributed by atoms with Gasteiger partial charge in [0.05, 0.1) is 23.8 Å². The van der Waals surface area contributed by atoms with E-state index < -0.39 is 11.9 Å². The minimum absolute atomic E-state index is 0.0569. The number of amides is 3. The van der Waals surface area contributed by atoms with Crippen LogP contribution in [0.2, 0.25) is 5.02 Å². The molecule has 3 amide bonds. The maximum Gasteiger partial charge on any atom is 0.253 e. The Bertz CT molecular complexity index is 978. The molecule has 3 rings (SSSR count). The van der Waals surface area contributed by atoms with E-state index in [1.165, 1.54) is 0 Å². The quantitative estimate of drug-likeness (QED) is 0.520. The molecule has 176 valence electrons. The van der Waals surface area contributed by atoms with Gasteiger partial charge in [-0.05, 0) is 36.8 Å². The fourth-order valence-electron chi connectivity index (χ4n) is 3.39. The van der Waals surface area contributed by atoms with Crippen LogP contribution in [0.1, 0.15) is 29.3 Å². The summed E-state index contributed by atoms with van der Waals surface area (Å²) >= 11 is 6.03. The van der Waals surface area contributed by atoms with Crippen molar-refractivity contribution in [3.05, 3.63) is 64.7 Å². The molecule has 9 heteroatoms. The van der Waals surface area contributed by atoms with E-state index in [4.69, 9.17) is 16.3 Å². The second-order valence-electron chi connectivity index (χ2n) is 7.85. The number of benzene rings is 2. The zero-order chi connectivity index (χ0) is 23.6. The average molecular weight is 473 g/mol. The second kappa shape index (κ2) is 12.3. The highest BCUT2D eigenvalue weighted by molar-refractivity contribution is 6.33. The molecule has 0 aromatic heterocycles. The first kappa shape index (κ1) is 24.7. The summed E-state index contributed by atoms with van der Waals surface area (Å²) in [4.78, 5) is 39.2. The largest absolute Gasteiger partial charge is 0.379 e. The lowest BCUT2D eigenvalue weighted by molar-refractivity contribution is -0.122. The first-order chi connectivity index (χ1) is 15.9. The smallest absolute Gasteiger partial charge is 0.253 e. The van der Waals surface area contributed by atoms with Crippen molar-refractivity contribution in [2.24, 2.45) is 0 Å². The molecule has 0 spiro atoms. The van der Waals surface area contributed by atoms with Gasteiger partial charge >= 0.3 is 0 Å². The molecular formula is C24H29ClN4O4. The molecule has 1 aliphatic heterocycles. The number of carbonyl (C=O) groups excluding carboxylic acids is 3. The molecule has 0 bridgehead atoms. The van der Waals surface area contributed by atoms with Gasteiger partial charge < -0.3 is 20.7 Å². The Kier molecular flexibility index (Phi) is 9.24. The minimum atomic E-state index is -0.739. The third-order valence-corrected chi connectivity index (χ3v) is 5.63. The van der Waals surface area contributed by atoms with Gasteiger partial charge in [-0.25, -0.2) is 0 Å². The Balaban J connectivity index is 1.44. The predicted molar refractivity (Wildman–Crippen MR) is 127 cm³/mol. The van der Waals surface area contributed by atoms with E-state index in [2.05, 4.69) is 20.9 Å². The van der Waals surface area contributed by atoms with Crippen molar-refractivity contribution in [2.45, 2.75) is 25.9 Å². The maximum absolute atomic E-state index is 12.4. The number of hydrogen-bond donors (Lipinski definition) is 3. The number of nitrogens with one attached hydrogen (secondary N) is 3. The summed E-state index contributed by atoms with van der Waals surface area (Å²) in [5, 5.41) is 8.68. The number of ether oxygens (including phenoxy) is 1. The highest BCUT2D eigenvalue weighted by Crippen LogP contribution is 2.15. The normalized spacial score (nSPS) is 14.8. The molecule has 33 heavy (non-hydrogen) atoms. The molecule has 1 aliphatic rings. The van der Waals surface area contributed by atoms with E-state index >= 15 is 0 Å². The van der Waals surface area contributed by atoms with Gasteiger partial charge in [0.1, 0.15) is 6.04 Å². The van der Waals surface area contributed by atoms with Crippen molar-refractivity contribution >= 4 is 35.0 Å². The molecule has 1 atom stereocenters. The van der Waals surface area contributed by atoms with Crippen molar-refractivity contribution in [2.75, 3.05) is 38.2 Å². The predicted octanol–water partition coefficient (Wildman–Crippen LogP) is 2.44. The highest BCUT2D eigenvalue weighted by Gasteiger charge is 2.18. The van der Waals surface area contributed by atoms with Gasteiger partial charge in [-0.3, -0.25) is 19.3 Å². The lowest BCUT2D eigenvalue weighted by atomic mass is 10.1. The number of anilines is 1. The SMILES string of the molecule is CC(NC(=O)c1ccccc1Cl)C(=O)NCc1cccc(NC(=O)CCN2CCOCC2)c1. The first-order valence-corrected chi connectivity index (χ1v) is 11.3. The second-order valence-corrected chi connectivity index (χ2v) is 8.25. The van der Waals surface area contributed by atoms with Crippen LogP contribution in [0.3, 0.4) is 0 Å². The zero-order valence-corrected chi connectivity index (χ0v) is 19.4. The van der Waals surface area contributed by atoms with Crippen LogP contribution < -0.4 is 16.0 Å². The molecule has 0 aliphatic carbocycles. The molecule has 2 aromatic rings. The van der Waals surface area contributed by atoms with Gasteiger partial charge in [-0.2, -0.15) is 0 Å². The third kappa shape index (κ3) is 7.85. The molecule has 1 unspecified atom stereocenters. The highest BCUT2D eigenvalue weighted by atomic mass is 35.5. The number of morpholine rings is 1. The molecule has 2 aromatic carbocycles. The minimum Gasteiger partial charge on any atom is -0.379 e. The van der Waals surface area contributed by atoms with Gasteiger partial charge in [-0.1, -0.05) is 35.9 Å². The molecule has 0 radical (unpaired) electrons. The molecule has 1 saturated heterocycles. The van der Waals surface area contributed by atoms with Crippen LogP contribution in [0.25, 0.3) is 0 Å². The van der Waals surface area contributed by atoms with Gasteiger partial charge in [0.2, 0.25) is 11.8 Å². The van der Waals surface area contributed by atoms with Crippen LogP contribution in [0.5, 0.6) is 0 Å². The summed E-state index contributed by atoms with van der Waals surface area (Å²) in [6, 6.07) is 13.2.